The molecule has 2 nitrogen and oxygen atoms in total. The number of halogens is 1. The fourth-order valence-corrected chi connectivity index (χ4v) is 2.73. The Morgan fingerprint density at radius 3 is 2.64 bits per heavy atom. The molecule has 114 valence electrons. The van der Waals surface area contributed by atoms with E-state index in [0.717, 1.165) is 22.3 Å². The molecule has 0 saturated carbocycles. The van der Waals surface area contributed by atoms with E-state index in [9.17, 15) is 4.39 Å². The van der Waals surface area contributed by atoms with Gasteiger partial charge in [0.2, 0.25) is 0 Å². The third-order valence-corrected chi connectivity index (χ3v) is 3.83. The zero-order valence-corrected chi connectivity index (χ0v) is 13.1. The van der Waals surface area contributed by atoms with Crippen LogP contribution >= 0.6 is 0 Å². The second kappa shape index (κ2) is 5.84. The van der Waals surface area contributed by atoms with Crippen LogP contribution in [-0.4, -0.2) is 4.57 Å². The molecule has 1 aromatic heterocycles. The highest BCUT2D eigenvalue weighted by molar-refractivity contribution is 5.84. The summed E-state index contributed by atoms with van der Waals surface area (Å²) >= 11 is 0. The number of fused-ring (bicyclic) bond motifs is 1. The van der Waals surface area contributed by atoms with Gasteiger partial charge in [-0.25, -0.2) is 4.39 Å². The molecule has 0 N–H and O–H groups in total. The molecule has 0 saturated heterocycles. The maximum absolute atomic E-state index is 14.2. The fraction of sp³-hybridized carbons (Fsp3) is 0.263. The van der Waals surface area contributed by atoms with Crippen molar-refractivity contribution in [1.29, 1.82) is 0 Å². The highest BCUT2D eigenvalue weighted by Gasteiger charge is 2.14. The Balaban J connectivity index is 1.96. The van der Waals surface area contributed by atoms with Gasteiger partial charge in [0.05, 0.1) is 5.52 Å². The van der Waals surface area contributed by atoms with Crippen LogP contribution in [-0.2, 0) is 6.61 Å². The molecular formula is C19H20FNO. The minimum absolute atomic E-state index is 0.187. The van der Waals surface area contributed by atoms with Gasteiger partial charge in [0, 0.05) is 23.2 Å². The second-order valence-corrected chi connectivity index (χ2v) is 5.90. The van der Waals surface area contributed by atoms with Crippen LogP contribution in [0.3, 0.4) is 0 Å². The van der Waals surface area contributed by atoms with E-state index in [4.69, 9.17) is 4.74 Å². The molecule has 0 unspecified atom stereocenters. The maximum atomic E-state index is 14.2. The SMILES string of the molecule is Cc1cccc(OCc2cn(C(C)C)c3c(F)cccc23)c1. The Labute approximate surface area is 130 Å². The van der Waals surface area contributed by atoms with Crippen LogP contribution < -0.4 is 4.74 Å². The molecule has 3 heteroatoms. The number of benzene rings is 2. The second-order valence-electron chi connectivity index (χ2n) is 5.90. The van der Waals surface area contributed by atoms with E-state index >= 15 is 0 Å². The first-order chi connectivity index (χ1) is 10.6. The van der Waals surface area contributed by atoms with Gasteiger partial charge in [-0.2, -0.15) is 0 Å². The van der Waals surface area contributed by atoms with Crippen LogP contribution in [0, 0.1) is 12.7 Å². The minimum atomic E-state index is -0.187. The lowest BCUT2D eigenvalue weighted by Crippen LogP contribution is -2.00. The van der Waals surface area contributed by atoms with Gasteiger partial charge in [-0.1, -0.05) is 24.3 Å². The van der Waals surface area contributed by atoms with Gasteiger partial charge >= 0.3 is 0 Å². The van der Waals surface area contributed by atoms with Crippen molar-refractivity contribution in [3.8, 4) is 5.75 Å². The van der Waals surface area contributed by atoms with Crippen molar-refractivity contribution in [2.24, 2.45) is 0 Å². The molecule has 0 atom stereocenters. The van der Waals surface area contributed by atoms with Gasteiger partial charge in [-0.3, -0.25) is 0 Å². The van der Waals surface area contributed by atoms with E-state index in [1.54, 1.807) is 6.07 Å². The number of aryl methyl sites for hydroxylation is 1. The number of rotatable bonds is 4. The van der Waals surface area contributed by atoms with E-state index in [1.165, 1.54) is 6.07 Å². The van der Waals surface area contributed by atoms with Crippen LogP contribution in [0.15, 0.2) is 48.7 Å². The number of hydrogen-bond acceptors (Lipinski definition) is 1. The molecule has 3 rings (SSSR count). The topological polar surface area (TPSA) is 14.2 Å². The summed E-state index contributed by atoms with van der Waals surface area (Å²) in [7, 11) is 0. The lowest BCUT2D eigenvalue weighted by molar-refractivity contribution is 0.307. The summed E-state index contributed by atoms with van der Waals surface area (Å²) in [6, 6.07) is 13.4. The van der Waals surface area contributed by atoms with Crippen molar-refractivity contribution < 1.29 is 9.13 Å². The van der Waals surface area contributed by atoms with E-state index < -0.39 is 0 Å². The van der Waals surface area contributed by atoms with Gasteiger partial charge in [-0.15, -0.1) is 0 Å². The lowest BCUT2D eigenvalue weighted by atomic mass is 10.2. The molecule has 0 spiro atoms. The third kappa shape index (κ3) is 2.71. The molecule has 0 amide bonds. The van der Waals surface area contributed by atoms with Crippen LogP contribution in [0.4, 0.5) is 4.39 Å². The summed E-state index contributed by atoms with van der Waals surface area (Å²) in [4.78, 5) is 0. The van der Waals surface area contributed by atoms with Crippen LogP contribution in [0.25, 0.3) is 10.9 Å². The predicted octanol–water partition coefficient (Wildman–Crippen LogP) is 5.25. The van der Waals surface area contributed by atoms with Crippen molar-refractivity contribution in [1.82, 2.24) is 4.57 Å². The first-order valence-electron chi connectivity index (χ1n) is 7.53. The molecule has 0 aliphatic heterocycles. The summed E-state index contributed by atoms with van der Waals surface area (Å²) in [5.74, 6) is 0.648. The highest BCUT2D eigenvalue weighted by atomic mass is 19.1. The standard InChI is InChI=1S/C19H20FNO/c1-13(2)21-11-15(17-8-5-9-18(20)19(17)21)12-22-16-7-4-6-14(3)10-16/h4-11,13H,12H2,1-3H3. The fourth-order valence-electron chi connectivity index (χ4n) is 2.73. The Morgan fingerprint density at radius 1 is 1.14 bits per heavy atom. The van der Waals surface area contributed by atoms with Gasteiger partial charge in [0.1, 0.15) is 18.2 Å². The number of para-hydroxylation sites is 1. The van der Waals surface area contributed by atoms with E-state index in [-0.39, 0.29) is 11.9 Å². The Morgan fingerprint density at radius 2 is 1.91 bits per heavy atom. The van der Waals surface area contributed by atoms with E-state index in [2.05, 4.69) is 13.8 Å². The van der Waals surface area contributed by atoms with Gasteiger partial charge in [0.25, 0.3) is 0 Å². The number of ether oxygens (including phenoxy) is 1. The van der Waals surface area contributed by atoms with Crippen molar-refractivity contribution in [3.63, 3.8) is 0 Å². The van der Waals surface area contributed by atoms with Gasteiger partial charge in [-0.05, 0) is 44.5 Å². The van der Waals surface area contributed by atoms with Gasteiger partial charge in [0.15, 0.2) is 0 Å². The summed E-state index contributed by atoms with van der Waals surface area (Å²) in [6.45, 7) is 6.57. The number of nitrogens with zero attached hydrogens (tertiary/aromatic N) is 1. The maximum Gasteiger partial charge on any atom is 0.147 e. The zero-order valence-electron chi connectivity index (χ0n) is 13.1. The molecule has 1 heterocycles. The summed E-state index contributed by atoms with van der Waals surface area (Å²) in [5, 5.41) is 0.918. The van der Waals surface area contributed by atoms with Crippen molar-refractivity contribution in [2.75, 3.05) is 0 Å². The number of hydrogen-bond donors (Lipinski definition) is 0. The van der Waals surface area contributed by atoms with Crippen molar-refractivity contribution >= 4 is 10.9 Å². The third-order valence-electron chi connectivity index (χ3n) is 3.83. The summed E-state index contributed by atoms with van der Waals surface area (Å²) in [5.41, 5.74) is 2.82. The molecule has 0 aliphatic carbocycles. The molecule has 2 aromatic carbocycles. The smallest absolute Gasteiger partial charge is 0.147 e. The quantitative estimate of drug-likeness (QED) is 0.641. The first kappa shape index (κ1) is 14.6. The highest BCUT2D eigenvalue weighted by Crippen LogP contribution is 2.28. The molecule has 0 bridgehead atoms. The molecule has 0 aliphatic rings. The molecular weight excluding hydrogens is 277 g/mol. The average Bonchev–Trinajstić information content (AvgIpc) is 2.86. The summed E-state index contributed by atoms with van der Waals surface area (Å²) < 4.78 is 22.0. The monoisotopic (exact) mass is 297 g/mol. The van der Waals surface area contributed by atoms with Crippen molar-refractivity contribution in [2.45, 2.75) is 33.4 Å². The molecule has 22 heavy (non-hydrogen) atoms. The molecule has 3 aromatic rings. The van der Waals surface area contributed by atoms with E-state index in [0.29, 0.717) is 12.1 Å². The summed E-state index contributed by atoms with van der Waals surface area (Å²) in [6.07, 6.45) is 1.99. The minimum Gasteiger partial charge on any atom is -0.489 e. The molecule has 0 fully saturated rings. The first-order valence-corrected chi connectivity index (χ1v) is 7.53. The van der Waals surface area contributed by atoms with Crippen LogP contribution in [0.2, 0.25) is 0 Å². The zero-order chi connectivity index (χ0) is 15.7. The Hall–Kier alpha value is -2.29. The van der Waals surface area contributed by atoms with Crippen molar-refractivity contribution in [3.05, 3.63) is 65.6 Å². The largest absolute Gasteiger partial charge is 0.489 e. The van der Waals surface area contributed by atoms with Crippen LogP contribution in [0.5, 0.6) is 5.75 Å². The van der Waals surface area contributed by atoms with E-state index in [1.807, 2.05) is 48.0 Å². The lowest BCUT2D eigenvalue weighted by Gasteiger charge is -2.09. The predicted molar refractivity (Wildman–Crippen MR) is 87.8 cm³/mol. The number of aromatic nitrogens is 1. The molecule has 0 radical (unpaired) electrons. The Kier molecular flexibility index (Phi) is 3.88. The normalized spacial score (nSPS) is 11.3. The van der Waals surface area contributed by atoms with Crippen LogP contribution in [0.1, 0.15) is 31.0 Å². The van der Waals surface area contributed by atoms with Gasteiger partial charge < -0.3 is 9.30 Å². The average molecular weight is 297 g/mol. The Bertz CT molecular complexity index is 804.